The summed E-state index contributed by atoms with van der Waals surface area (Å²) < 4.78 is 0. The molecule has 0 saturated carbocycles. The largest absolute Gasteiger partial charge is 0.321 e. The molecule has 0 radical (unpaired) electrons. The molecule has 3 heterocycles. The van der Waals surface area contributed by atoms with E-state index >= 15 is 0 Å². The summed E-state index contributed by atoms with van der Waals surface area (Å²) in [6.07, 6.45) is 2.27. The first kappa shape index (κ1) is 17.5. The summed E-state index contributed by atoms with van der Waals surface area (Å²) in [6.45, 7) is 0.639. The minimum absolute atomic E-state index is 0.0115. The van der Waals surface area contributed by atoms with Gasteiger partial charge in [0.05, 0.1) is 22.1 Å². The van der Waals surface area contributed by atoms with Gasteiger partial charge >= 0.3 is 0 Å². The van der Waals surface area contributed by atoms with Crippen LogP contribution in [0.1, 0.15) is 25.7 Å². The highest BCUT2D eigenvalue weighted by molar-refractivity contribution is 7.12. The van der Waals surface area contributed by atoms with E-state index in [9.17, 15) is 9.59 Å². The average Bonchev–Trinajstić information content (AvgIpc) is 3.43. The minimum atomic E-state index is -0.336. The van der Waals surface area contributed by atoms with Crippen LogP contribution in [0.5, 0.6) is 0 Å². The van der Waals surface area contributed by atoms with E-state index in [0.717, 1.165) is 23.2 Å². The number of hydrogen-bond acceptors (Lipinski definition) is 5. The predicted octanol–water partition coefficient (Wildman–Crippen LogP) is 4.15. The van der Waals surface area contributed by atoms with E-state index in [-0.39, 0.29) is 17.5 Å². The first-order valence-electron chi connectivity index (χ1n) is 9.20. The van der Waals surface area contributed by atoms with E-state index in [1.807, 2.05) is 60.0 Å². The van der Waals surface area contributed by atoms with E-state index in [1.165, 1.54) is 17.5 Å². The third kappa shape index (κ3) is 3.25. The molecule has 1 aliphatic rings. The highest BCUT2D eigenvalue weighted by Crippen LogP contribution is 2.32. The van der Waals surface area contributed by atoms with Gasteiger partial charge in [-0.25, -0.2) is 4.98 Å². The highest BCUT2D eigenvalue weighted by atomic mass is 32.1. The van der Waals surface area contributed by atoms with Crippen molar-refractivity contribution in [3.8, 4) is 0 Å². The summed E-state index contributed by atoms with van der Waals surface area (Å²) in [5.41, 5.74) is 4.21. The number of thiophene rings is 1. The number of fused-ring (bicyclic) bond motifs is 2. The van der Waals surface area contributed by atoms with Crippen LogP contribution >= 0.6 is 11.3 Å². The molecule has 0 fully saturated rings. The Labute approximate surface area is 170 Å². The zero-order chi connectivity index (χ0) is 19.8. The van der Waals surface area contributed by atoms with Gasteiger partial charge in [0.2, 0.25) is 0 Å². The number of benzene rings is 2. The maximum absolute atomic E-state index is 12.8. The van der Waals surface area contributed by atoms with E-state index in [4.69, 9.17) is 0 Å². The lowest BCUT2D eigenvalue weighted by atomic mass is 10.1. The van der Waals surface area contributed by atoms with Crippen molar-refractivity contribution in [3.63, 3.8) is 0 Å². The molecule has 0 aliphatic carbocycles. The Bertz CT molecular complexity index is 1240. The van der Waals surface area contributed by atoms with Gasteiger partial charge < -0.3 is 10.2 Å². The average molecular weight is 400 g/mol. The molecule has 7 heteroatoms. The molecule has 4 aromatic rings. The fourth-order valence-corrected chi connectivity index (χ4v) is 4.13. The van der Waals surface area contributed by atoms with Crippen molar-refractivity contribution in [3.05, 3.63) is 82.3 Å². The number of carbonyl (C=O) groups is 2. The normalized spacial score (nSPS) is 12.8. The Kier molecular flexibility index (Phi) is 4.29. The smallest absolute Gasteiger partial charge is 0.275 e. The number of carbonyl (C=O) groups excluding carboxylic acids is 2. The van der Waals surface area contributed by atoms with Gasteiger partial charge in [-0.2, -0.15) is 0 Å². The fraction of sp³-hybridized carbons (Fsp3) is 0.0909. The number of amides is 2. The summed E-state index contributed by atoms with van der Waals surface area (Å²) in [4.78, 5) is 36.6. The van der Waals surface area contributed by atoms with E-state index in [1.54, 1.807) is 4.90 Å². The molecule has 2 aromatic carbocycles. The van der Waals surface area contributed by atoms with Crippen LogP contribution in [-0.4, -0.2) is 28.3 Å². The number of anilines is 2. The van der Waals surface area contributed by atoms with Gasteiger partial charge in [-0.15, -0.1) is 11.3 Å². The van der Waals surface area contributed by atoms with Crippen LogP contribution in [0.15, 0.2) is 66.2 Å². The summed E-state index contributed by atoms with van der Waals surface area (Å²) in [7, 11) is 0. The van der Waals surface area contributed by atoms with Crippen LogP contribution in [-0.2, 0) is 6.42 Å². The molecule has 2 amide bonds. The first-order chi connectivity index (χ1) is 14.2. The molecule has 0 atom stereocenters. The summed E-state index contributed by atoms with van der Waals surface area (Å²) in [6, 6.07) is 16.8. The van der Waals surface area contributed by atoms with Crippen molar-refractivity contribution in [2.24, 2.45) is 0 Å². The standard InChI is InChI=1S/C22H16N4O2S/c27-21(18-13-23-16-4-1-2-5-17(16)25-18)24-15-8-7-14-9-10-26(19(14)12-15)22(28)20-6-3-11-29-20/h1-8,11-13H,9-10H2,(H,24,27). The topological polar surface area (TPSA) is 75.2 Å². The maximum Gasteiger partial charge on any atom is 0.275 e. The Morgan fingerprint density at radius 2 is 1.90 bits per heavy atom. The molecule has 29 heavy (non-hydrogen) atoms. The van der Waals surface area contributed by atoms with Crippen molar-refractivity contribution in [2.75, 3.05) is 16.8 Å². The van der Waals surface area contributed by atoms with Crippen LogP contribution < -0.4 is 10.2 Å². The zero-order valence-corrected chi connectivity index (χ0v) is 16.1. The second-order valence-corrected chi connectivity index (χ2v) is 7.67. The third-order valence-corrected chi connectivity index (χ3v) is 5.75. The van der Waals surface area contributed by atoms with Crippen molar-refractivity contribution >= 4 is 45.6 Å². The van der Waals surface area contributed by atoms with Crippen molar-refractivity contribution in [1.82, 2.24) is 9.97 Å². The molecule has 1 N–H and O–H groups in total. The third-order valence-electron chi connectivity index (χ3n) is 4.90. The van der Waals surface area contributed by atoms with Gasteiger partial charge in [0.25, 0.3) is 11.8 Å². The second kappa shape index (κ2) is 7.10. The molecule has 0 unspecified atom stereocenters. The predicted molar refractivity (Wildman–Crippen MR) is 114 cm³/mol. The van der Waals surface area contributed by atoms with Gasteiger partial charge in [-0.05, 0) is 47.7 Å². The van der Waals surface area contributed by atoms with Gasteiger partial charge in [0.1, 0.15) is 5.69 Å². The molecule has 6 nitrogen and oxygen atoms in total. The highest BCUT2D eigenvalue weighted by Gasteiger charge is 2.26. The monoisotopic (exact) mass is 400 g/mol. The Hall–Kier alpha value is -3.58. The second-order valence-electron chi connectivity index (χ2n) is 6.73. The molecule has 0 saturated heterocycles. The lowest BCUT2D eigenvalue weighted by Gasteiger charge is -2.17. The molecule has 1 aliphatic heterocycles. The zero-order valence-electron chi connectivity index (χ0n) is 15.3. The Morgan fingerprint density at radius 3 is 2.72 bits per heavy atom. The van der Waals surface area contributed by atoms with E-state index in [0.29, 0.717) is 22.6 Å². The minimum Gasteiger partial charge on any atom is -0.321 e. The van der Waals surface area contributed by atoms with Crippen LogP contribution in [0, 0.1) is 0 Å². The molecular weight excluding hydrogens is 384 g/mol. The van der Waals surface area contributed by atoms with Crippen LogP contribution in [0.4, 0.5) is 11.4 Å². The quantitative estimate of drug-likeness (QED) is 0.561. The SMILES string of the molecule is O=C(Nc1ccc2c(c1)N(C(=O)c1cccs1)CC2)c1cnc2ccccc2n1. The maximum atomic E-state index is 12.8. The molecule has 0 bridgehead atoms. The van der Waals surface area contributed by atoms with Crippen molar-refractivity contribution in [1.29, 1.82) is 0 Å². The number of nitrogens with one attached hydrogen (secondary N) is 1. The van der Waals surface area contributed by atoms with Crippen molar-refractivity contribution < 1.29 is 9.59 Å². The van der Waals surface area contributed by atoms with Gasteiger partial charge in [0, 0.05) is 17.9 Å². The lowest BCUT2D eigenvalue weighted by Crippen LogP contribution is -2.28. The van der Waals surface area contributed by atoms with Crippen LogP contribution in [0.25, 0.3) is 11.0 Å². The number of nitrogens with zero attached hydrogens (tertiary/aromatic N) is 3. The molecule has 2 aromatic heterocycles. The number of rotatable bonds is 3. The Morgan fingerprint density at radius 1 is 1.03 bits per heavy atom. The van der Waals surface area contributed by atoms with E-state index < -0.39 is 0 Å². The fourth-order valence-electron chi connectivity index (χ4n) is 3.46. The summed E-state index contributed by atoms with van der Waals surface area (Å²) in [5, 5.41) is 4.76. The summed E-state index contributed by atoms with van der Waals surface area (Å²) in [5.74, 6) is -0.347. The van der Waals surface area contributed by atoms with E-state index in [2.05, 4.69) is 15.3 Å². The Balaban J connectivity index is 1.40. The number of hydrogen-bond donors (Lipinski definition) is 1. The first-order valence-corrected chi connectivity index (χ1v) is 10.1. The van der Waals surface area contributed by atoms with Crippen LogP contribution in [0.2, 0.25) is 0 Å². The molecule has 0 spiro atoms. The van der Waals surface area contributed by atoms with Gasteiger partial charge in [-0.1, -0.05) is 24.3 Å². The molecule has 5 rings (SSSR count). The van der Waals surface area contributed by atoms with Crippen molar-refractivity contribution in [2.45, 2.75) is 6.42 Å². The number of para-hydroxylation sites is 2. The molecular formula is C22H16N4O2S. The molecule has 142 valence electrons. The summed E-state index contributed by atoms with van der Waals surface area (Å²) >= 11 is 1.43. The lowest BCUT2D eigenvalue weighted by molar-refractivity contribution is 0.0991. The van der Waals surface area contributed by atoms with Crippen LogP contribution in [0.3, 0.4) is 0 Å². The van der Waals surface area contributed by atoms with Gasteiger partial charge in [-0.3, -0.25) is 14.6 Å². The number of aromatic nitrogens is 2. The van der Waals surface area contributed by atoms with Gasteiger partial charge in [0.15, 0.2) is 0 Å².